The zero-order chi connectivity index (χ0) is 13.9. The smallest absolute Gasteiger partial charge is 0.127 e. The average Bonchev–Trinajstić information content (AvgIpc) is 3.04. The van der Waals surface area contributed by atoms with Crippen molar-refractivity contribution < 1.29 is 9.47 Å². The van der Waals surface area contributed by atoms with E-state index in [0.29, 0.717) is 11.8 Å². The van der Waals surface area contributed by atoms with Crippen molar-refractivity contribution in [3.63, 3.8) is 0 Å². The second kappa shape index (κ2) is 4.14. The van der Waals surface area contributed by atoms with E-state index in [0.717, 1.165) is 24.3 Å². The maximum Gasteiger partial charge on any atom is 0.127 e. The number of benzene rings is 1. The lowest BCUT2D eigenvalue weighted by atomic mass is 9.71. The van der Waals surface area contributed by atoms with E-state index in [4.69, 9.17) is 15.2 Å². The third-order valence-corrected chi connectivity index (χ3v) is 5.78. The summed E-state index contributed by atoms with van der Waals surface area (Å²) >= 11 is 0. The maximum absolute atomic E-state index is 6.58. The van der Waals surface area contributed by atoms with E-state index >= 15 is 0 Å². The first-order valence-electron chi connectivity index (χ1n) is 7.76. The van der Waals surface area contributed by atoms with Crippen molar-refractivity contribution in [1.82, 2.24) is 0 Å². The lowest BCUT2D eigenvalue weighted by Crippen LogP contribution is -2.43. The fraction of sp³-hybridized carbons (Fsp3) is 0.647. The van der Waals surface area contributed by atoms with Crippen LogP contribution in [0.4, 0.5) is 0 Å². The van der Waals surface area contributed by atoms with E-state index in [2.05, 4.69) is 6.07 Å². The molecule has 2 atom stereocenters. The van der Waals surface area contributed by atoms with E-state index in [-0.39, 0.29) is 5.54 Å². The van der Waals surface area contributed by atoms with Crippen LogP contribution in [-0.2, 0) is 5.54 Å². The quantitative estimate of drug-likeness (QED) is 0.918. The number of nitrogens with two attached hydrogens (primary N) is 1. The number of ether oxygens (including phenoxy) is 2. The van der Waals surface area contributed by atoms with Crippen LogP contribution in [0.15, 0.2) is 6.07 Å². The molecule has 1 aromatic rings. The van der Waals surface area contributed by atoms with Crippen LogP contribution in [-0.4, -0.2) is 14.2 Å². The van der Waals surface area contributed by atoms with Gasteiger partial charge < -0.3 is 15.2 Å². The van der Waals surface area contributed by atoms with Gasteiger partial charge in [-0.25, -0.2) is 0 Å². The first kappa shape index (κ1) is 12.5. The zero-order valence-corrected chi connectivity index (χ0v) is 12.4. The molecular weight excluding hydrogens is 250 g/mol. The summed E-state index contributed by atoms with van der Waals surface area (Å²) in [4.78, 5) is 0. The van der Waals surface area contributed by atoms with Gasteiger partial charge in [-0.3, -0.25) is 0 Å². The number of hydrogen-bond acceptors (Lipinski definition) is 3. The Kier molecular flexibility index (Phi) is 2.59. The molecule has 3 nitrogen and oxygen atoms in total. The van der Waals surface area contributed by atoms with Crippen molar-refractivity contribution in [1.29, 1.82) is 0 Å². The van der Waals surface area contributed by atoms with E-state index in [1.807, 2.05) is 0 Å². The standard InChI is InChI=1S/C17H23NO2/c1-19-13-9-12(17(18)6-3-7-17)16(20-2)15-11-5-4-10(8-11)14(13)15/h9-11H,3-8,18H2,1-2H3. The number of methoxy groups -OCH3 is 2. The molecule has 0 saturated heterocycles. The summed E-state index contributed by atoms with van der Waals surface area (Å²) in [7, 11) is 3.57. The molecule has 2 bridgehead atoms. The predicted molar refractivity (Wildman–Crippen MR) is 78.6 cm³/mol. The Bertz CT molecular complexity index is 563. The summed E-state index contributed by atoms with van der Waals surface area (Å²) in [5.41, 5.74) is 10.4. The van der Waals surface area contributed by atoms with Crippen molar-refractivity contribution >= 4 is 0 Å². The third kappa shape index (κ3) is 1.44. The minimum atomic E-state index is -0.199. The highest BCUT2D eigenvalue weighted by Gasteiger charge is 2.45. The Balaban J connectivity index is 1.95. The van der Waals surface area contributed by atoms with Gasteiger partial charge in [0.1, 0.15) is 11.5 Å². The van der Waals surface area contributed by atoms with Gasteiger partial charge in [-0.1, -0.05) is 0 Å². The van der Waals surface area contributed by atoms with Crippen LogP contribution in [0.2, 0.25) is 0 Å². The van der Waals surface area contributed by atoms with Gasteiger partial charge >= 0.3 is 0 Å². The SMILES string of the molecule is COc1cc(C2(N)CCC2)c(OC)c2c1C1CCC2C1. The Morgan fingerprint density at radius 3 is 2.35 bits per heavy atom. The Hall–Kier alpha value is -1.22. The molecule has 3 aliphatic rings. The summed E-state index contributed by atoms with van der Waals surface area (Å²) < 4.78 is 11.5. The van der Waals surface area contributed by atoms with Crippen LogP contribution in [0.1, 0.15) is 67.1 Å². The highest BCUT2D eigenvalue weighted by Crippen LogP contribution is 2.61. The zero-order valence-electron chi connectivity index (χ0n) is 12.4. The molecule has 0 aromatic heterocycles. The van der Waals surface area contributed by atoms with Crippen LogP contribution in [0.25, 0.3) is 0 Å². The molecule has 0 radical (unpaired) electrons. The molecule has 0 spiro atoms. The molecule has 2 fully saturated rings. The van der Waals surface area contributed by atoms with Gasteiger partial charge in [0.15, 0.2) is 0 Å². The van der Waals surface area contributed by atoms with Crippen LogP contribution >= 0.6 is 0 Å². The summed E-state index contributed by atoms with van der Waals surface area (Å²) in [6.45, 7) is 0. The Labute approximate surface area is 120 Å². The van der Waals surface area contributed by atoms with Gasteiger partial charge in [0.2, 0.25) is 0 Å². The first-order valence-corrected chi connectivity index (χ1v) is 7.76. The summed E-state index contributed by atoms with van der Waals surface area (Å²) in [6.07, 6.45) is 7.18. The van der Waals surface area contributed by atoms with Gasteiger partial charge in [-0.2, -0.15) is 0 Å². The molecule has 0 amide bonds. The van der Waals surface area contributed by atoms with Crippen LogP contribution in [0.3, 0.4) is 0 Å². The molecule has 1 aromatic carbocycles. The maximum atomic E-state index is 6.58. The van der Waals surface area contributed by atoms with Crippen LogP contribution in [0.5, 0.6) is 11.5 Å². The number of fused-ring (bicyclic) bond motifs is 5. The van der Waals surface area contributed by atoms with Gasteiger partial charge in [-0.05, 0) is 56.4 Å². The highest BCUT2D eigenvalue weighted by atomic mass is 16.5. The van der Waals surface area contributed by atoms with Crippen molar-refractivity contribution in [3.8, 4) is 11.5 Å². The highest BCUT2D eigenvalue weighted by molar-refractivity contribution is 5.62. The van der Waals surface area contributed by atoms with E-state index < -0.39 is 0 Å². The van der Waals surface area contributed by atoms with Gasteiger partial charge in [0, 0.05) is 22.2 Å². The van der Waals surface area contributed by atoms with Crippen molar-refractivity contribution in [3.05, 3.63) is 22.8 Å². The molecule has 0 heterocycles. The molecule has 108 valence electrons. The molecule has 0 aliphatic heterocycles. The van der Waals surface area contributed by atoms with Crippen LogP contribution in [0, 0.1) is 0 Å². The summed E-state index contributed by atoms with van der Waals surface area (Å²) in [5.74, 6) is 3.43. The molecule has 2 N–H and O–H groups in total. The molecule has 2 saturated carbocycles. The van der Waals surface area contributed by atoms with Crippen molar-refractivity contribution in [2.45, 2.75) is 55.9 Å². The molecule has 2 unspecified atom stereocenters. The van der Waals surface area contributed by atoms with Gasteiger partial charge in [-0.15, -0.1) is 0 Å². The van der Waals surface area contributed by atoms with E-state index in [9.17, 15) is 0 Å². The summed E-state index contributed by atoms with van der Waals surface area (Å²) in [5, 5.41) is 0. The Morgan fingerprint density at radius 2 is 1.80 bits per heavy atom. The minimum absolute atomic E-state index is 0.199. The van der Waals surface area contributed by atoms with Gasteiger partial charge in [0.25, 0.3) is 0 Å². The second-order valence-corrected chi connectivity index (χ2v) is 6.70. The van der Waals surface area contributed by atoms with Gasteiger partial charge in [0.05, 0.1) is 14.2 Å². The minimum Gasteiger partial charge on any atom is -0.496 e. The van der Waals surface area contributed by atoms with Crippen molar-refractivity contribution in [2.75, 3.05) is 14.2 Å². The second-order valence-electron chi connectivity index (χ2n) is 6.70. The molecule has 20 heavy (non-hydrogen) atoms. The fourth-order valence-corrected chi connectivity index (χ4v) is 4.59. The molecular formula is C17H23NO2. The molecule has 3 heteroatoms. The Morgan fingerprint density at radius 1 is 1.10 bits per heavy atom. The third-order valence-electron chi connectivity index (χ3n) is 5.78. The van der Waals surface area contributed by atoms with E-state index in [1.165, 1.54) is 42.4 Å². The number of hydrogen-bond donors (Lipinski definition) is 1. The lowest BCUT2D eigenvalue weighted by Gasteiger charge is -2.40. The van der Waals surface area contributed by atoms with Crippen LogP contribution < -0.4 is 15.2 Å². The predicted octanol–water partition coefficient (Wildman–Crippen LogP) is 3.41. The fourth-order valence-electron chi connectivity index (χ4n) is 4.59. The number of rotatable bonds is 3. The average molecular weight is 273 g/mol. The largest absolute Gasteiger partial charge is 0.496 e. The monoisotopic (exact) mass is 273 g/mol. The molecule has 4 rings (SSSR count). The van der Waals surface area contributed by atoms with E-state index in [1.54, 1.807) is 14.2 Å². The molecule has 3 aliphatic carbocycles. The first-order chi connectivity index (χ1) is 9.68. The van der Waals surface area contributed by atoms with Crippen molar-refractivity contribution in [2.24, 2.45) is 5.73 Å². The normalized spacial score (nSPS) is 28.9. The summed E-state index contributed by atoms with van der Waals surface area (Å²) in [6, 6.07) is 2.16. The lowest BCUT2D eigenvalue weighted by molar-refractivity contribution is 0.241. The topological polar surface area (TPSA) is 44.5 Å².